The molecule has 3 rings (SSSR count). The van der Waals surface area contributed by atoms with E-state index in [-0.39, 0.29) is 18.4 Å². The fraction of sp³-hybridized carbons (Fsp3) is 0.333. The third-order valence-corrected chi connectivity index (χ3v) is 4.74. The highest BCUT2D eigenvalue weighted by Gasteiger charge is 2.16. The second kappa shape index (κ2) is 9.42. The van der Waals surface area contributed by atoms with E-state index in [1.165, 1.54) is 6.42 Å². The lowest BCUT2D eigenvalue weighted by molar-refractivity contribution is -0.131. The first-order valence-electron chi connectivity index (χ1n) is 9.15. The monoisotopic (exact) mass is 386 g/mol. The van der Waals surface area contributed by atoms with Crippen LogP contribution in [0.3, 0.4) is 0 Å². The zero-order valence-corrected chi connectivity index (χ0v) is 15.9. The number of carbonyl (C=O) groups excluding carboxylic acids is 2. The van der Waals surface area contributed by atoms with Crippen molar-refractivity contribution in [3.63, 3.8) is 0 Å². The minimum Gasteiger partial charge on any atom is -0.484 e. The van der Waals surface area contributed by atoms with Gasteiger partial charge in [-0.05, 0) is 61.2 Å². The predicted octanol–water partition coefficient (Wildman–Crippen LogP) is 3.91. The molecule has 1 heterocycles. The number of nitrogens with one attached hydrogen (secondary N) is 1. The van der Waals surface area contributed by atoms with Crippen LogP contribution in [0.15, 0.2) is 48.5 Å². The number of carbonyl (C=O) groups is 2. The van der Waals surface area contributed by atoms with E-state index in [4.69, 9.17) is 16.3 Å². The maximum absolute atomic E-state index is 12.3. The van der Waals surface area contributed by atoms with Gasteiger partial charge in [0.1, 0.15) is 5.75 Å². The van der Waals surface area contributed by atoms with E-state index in [1.54, 1.807) is 36.4 Å². The number of anilines is 1. The lowest BCUT2D eigenvalue weighted by Gasteiger charge is -2.26. The van der Waals surface area contributed by atoms with Crippen LogP contribution in [0.25, 0.3) is 0 Å². The number of benzene rings is 2. The molecule has 0 atom stereocenters. The Labute approximate surface area is 164 Å². The first-order valence-corrected chi connectivity index (χ1v) is 9.53. The number of amides is 2. The van der Waals surface area contributed by atoms with Gasteiger partial charge in [0, 0.05) is 23.8 Å². The Hall–Kier alpha value is -2.53. The molecule has 0 spiro atoms. The number of piperidine rings is 1. The number of hydrogen-bond donors (Lipinski definition) is 1. The molecule has 6 heteroatoms. The lowest BCUT2D eigenvalue weighted by atomic mass is 10.1. The van der Waals surface area contributed by atoms with Gasteiger partial charge in [-0.2, -0.15) is 0 Å². The van der Waals surface area contributed by atoms with Crippen LogP contribution in [0.4, 0.5) is 5.69 Å². The van der Waals surface area contributed by atoms with Crippen LogP contribution in [-0.2, 0) is 16.0 Å². The van der Waals surface area contributed by atoms with Crippen LogP contribution in [0.1, 0.15) is 24.8 Å². The summed E-state index contributed by atoms with van der Waals surface area (Å²) in [6.07, 6.45) is 3.79. The first-order chi connectivity index (χ1) is 13.1. The van der Waals surface area contributed by atoms with Gasteiger partial charge in [0.25, 0.3) is 5.91 Å². The van der Waals surface area contributed by atoms with Crippen molar-refractivity contribution in [2.45, 2.75) is 25.7 Å². The molecule has 0 aliphatic carbocycles. The first kappa shape index (κ1) is 19.2. The van der Waals surface area contributed by atoms with E-state index in [0.717, 1.165) is 31.5 Å². The summed E-state index contributed by atoms with van der Waals surface area (Å²) >= 11 is 5.81. The van der Waals surface area contributed by atoms with Gasteiger partial charge in [-0.1, -0.05) is 23.7 Å². The molecule has 2 aromatic carbocycles. The lowest BCUT2D eigenvalue weighted by Crippen LogP contribution is -2.36. The summed E-state index contributed by atoms with van der Waals surface area (Å²) in [5, 5.41) is 3.40. The molecular weight excluding hydrogens is 364 g/mol. The molecule has 0 radical (unpaired) electrons. The molecule has 1 N–H and O–H groups in total. The van der Waals surface area contributed by atoms with Gasteiger partial charge >= 0.3 is 0 Å². The molecule has 142 valence electrons. The summed E-state index contributed by atoms with van der Waals surface area (Å²) in [5.41, 5.74) is 1.62. The average Bonchev–Trinajstić information content (AvgIpc) is 2.70. The maximum Gasteiger partial charge on any atom is 0.262 e. The zero-order chi connectivity index (χ0) is 19.1. The Morgan fingerprint density at radius 3 is 2.30 bits per heavy atom. The molecule has 5 nitrogen and oxygen atoms in total. The summed E-state index contributed by atoms with van der Waals surface area (Å²) in [4.78, 5) is 26.2. The predicted molar refractivity (Wildman–Crippen MR) is 106 cm³/mol. The van der Waals surface area contributed by atoms with E-state index < -0.39 is 0 Å². The molecule has 0 saturated carbocycles. The number of nitrogens with zero attached hydrogens (tertiary/aromatic N) is 1. The van der Waals surface area contributed by atoms with E-state index in [2.05, 4.69) is 5.32 Å². The van der Waals surface area contributed by atoms with Crippen LogP contribution < -0.4 is 10.1 Å². The van der Waals surface area contributed by atoms with E-state index in [9.17, 15) is 9.59 Å². The molecular formula is C21H23ClN2O3. The summed E-state index contributed by atoms with van der Waals surface area (Å²) < 4.78 is 5.42. The molecule has 0 bridgehead atoms. The third-order valence-electron chi connectivity index (χ3n) is 4.49. The number of likely N-dealkylation sites (tertiary alicyclic amines) is 1. The molecule has 1 aliphatic rings. The smallest absolute Gasteiger partial charge is 0.262 e. The second-order valence-electron chi connectivity index (χ2n) is 6.61. The topological polar surface area (TPSA) is 58.6 Å². The van der Waals surface area contributed by atoms with Crippen molar-refractivity contribution in [1.82, 2.24) is 4.90 Å². The number of rotatable bonds is 6. The van der Waals surface area contributed by atoms with Crippen molar-refractivity contribution < 1.29 is 14.3 Å². The summed E-state index contributed by atoms with van der Waals surface area (Å²) in [6, 6.07) is 14.2. The molecule has 1 fully saturated rings. The van der Waals surface area contributed by atoms with Gasteiger partial charge in [-0.15, -0.1) is 0 Å². The van der Waals surface area contributed by atoms with Gasteiger partial charge in [-0.3, -0.25) is 9.59 Å². The Bertz CT molecular complexity index is 769. The third kappa shape index (κ3) is 6.00. The fourth-order valence-electron chi connectivity index (χ4n) is 3.01. The molecule has 1 aliphatic heterocycles. The maximum atomic E-state index is 12.3. The van der Waals surface area contributed by atoms with Crippen molar-refractivity contribution in [3.05, 3.63) is 59.1 Å². The quantitative estimate of drug-likeness (QED) is 0.818. The van der Waals surface area contributed by atoms with Crippen LogP contribution >= 0.6 is 11.6 Å². The van der Waals surface area contributed by atoms with Gasteiger partial charge < -0.3 is 15.0 Å². The molecule has 0 unspecified atom stereocenters. The Morgan fingerprint density at radius 1 is 0.963 bits per heavy atom. The summed E-state index contributed by atoms with van der Waals surface area (Å²) in [7, 11) is 0. The van der Waals surface area contributed by atoms with Crippen LogP contribution in [-0.4, -0.2) is 36.4 Å². The van der Waals surface area contributed by atoms with Crippen LogP contribution in [0, 0.1) is 0 Å². The molecule has 1 saturated heterocycles. The van der Waals surface area contributed by atoms with Crippen molar-refractivity contribution in [2.24, 2.45) is 0 Å². The van der Waals surface area contributed by atoms with Gasteiger partial charge in [0.15, 0.2) is 6.61 Å². The highest BCUT2D eigenvalue weighted by molar-refractivity contribution is 6.30. The molecule has 27 heavy (non-hydrogen) atoms. The second-order valence-corrected chi connectivity index (χ2v) is 7.04. The number of hydrogen-bond acceptors (Lipinski definition) is 3. The van der Waals surface area contributed by atoms with Crippen LogP contribution in [0.5, 0.6) is 5.75 Å². The Kier molecular flexibility index (Phi) is 6.71. The Morgan fingerprint density at radius 2 is 1.63 bits per heavy atom. The number of halogens is 1. The van der Waals surface area contributed by atoms with E-state index >= 15 is 0 Å². The van der Waals surface area contributed by atoms with Crippen molar-refractivity contribution in [3.8, 4) is 5.75 Å². The molecule has 0 aromatic heterocycles. The highest BCUT2D eigenvalue weighted by Crippen LogP contribution is 2.16. The largest absolute Gasteiger partial charge is 0.484 e. The molecule has 2 aromatic rings. The van der Waals surface area contributed by atoms with Crippen LogP contribution in [0.2, 0.25) is 5.02 Å². The van der Waals surface area contributed by atoms with Crippen molar-refractivity contribution in [1.29, 1.82) is 0 Å². The Balaban J connectivity index is 1.45. The zero-order valence-electron chi connectivity index (χ0n) is 15.1. The van der Waals surface area contributed by atoms with Crippen molar-refractivity contribution >= 4 is 29.1 Å². The van der Waals surface area contributed by atoms with Gasteiger partial charge in [0.05, 0.1) is 6.42 Å². The SMILES string of the molecule is O=C(COc1ccc(Cl)cc1)Nc1ccc(CC(=O)N2CCCCC2)cc1. The minimum absolute atomic E-state index is 0.0865. The fourth-order valence-corrected chi connectivity index (χ4v) is 3.14. The highest BCUT2D eigenvalue weighted by atomic mass is 35.5. The van der Waals surface area contributed by atoms with Gasteiger partial charge in [-0.25, -0.2) is 0 Å². The normalized spacial score (nSPS) is 13.9. The van der Waals surface area contributed by atoms with E-state index in [1.807, 2.05) is 17.0 Å². The minimum atomic E-state index is -0.248. The molecule has 2 amide bonds. The summed E-state index contributed by atoms with van der Waals surface area (Å²) in [5.74, 6) is 0.506. The van der Waals surface area contributed by atoms with Crippen molar-refractivity contribution in [2.75, 3.05) is 25.0 Å². The average molecular weight is 387 g/mol. The standard InChI is InChI=1S/C21H23ClN2O3/c22-17-6-10-19(11-7-17)27-15-20(25)23-18-8-4-16(5-9-18)14-21(26)24-12-2-1-3-13-24/h4-11H,1-3,12-15H2,(H,23,25). The number of ether oxygens (including phenoxy) is 1. The summed E-state index contributed by atoms with van der Waals surface area (Å²) in [6.45, 7) is 1.64. The van der Waals surface area contributed by atoms with Gasteiger partial charge in [0.2, 0.25) is 5.91 Å². The van der Waals surface area contributed by atoms with E-state index in [0.29, 0.717) is 22.9 Å².